The fraction of sp³-hybridized carbons (Fsp3) is 0.704. The quantitative estimate of drug-likeness (QED) is 0.508. The largest absolute Gasteiger partial charge is 0.384 e. The van der Waals surface area contributed by atoms with Crippen molar-refractivity contribution in [3.63, 3.8) is 0 Å². The average Bonchev–Trinajstić information content (AvgIpc) is 3.38. The van der Waals surface area contributed by atoms with Crippen molar-refractivity contribution in [1.82, 2.24) is 15.5 Å². The molecular weight excluding hydrogens is 485 g/mol. The first-order valence-corrected chi connectivity index (χ1v) is 13.6. The number of likely N-dealkylation sites (tertiary alicyclic amines) is 1. The molecule has 2 saturated heterocycles. The van der Waals surface area contributed by atoms with E-state index in [2.05, 4.69) is 10.6 Å². The summed E-state index contributed by atoms with van der Waals surface area (Å²) >= 11 is 12.4. The Morgan fingerprint density at radius 2 is 1.86 bits per heavy atom. The normalized spacial score (nSPS) is 33.3. The van der Waals surface area contributed by atoms with E-state index in [0.717, 1.165) is 37.8 Å². The van der Waals surface area contributed by atoms with Crippen LogP contribution in [0.25, 0.3) is 0 Å². The number of rotatable bonds is 5. The Labute approximate surface area is 219 Å². The first-order valence-electron chi connectivity index (χ1n) is 12.8. The average molecular weight is 525 g/mol. The van der Waals surface area contributed by atoms with Crippen molar-refractivity contribution in [3.05, 3.63) is 34.9 Å². The molecule has 1 spiro atoms. The number of carbonyl (C=O) groups excluding carboxylic acids is 2. The molecule has 4 rings (SSSR count). The summed E-state index contributed by atoms with van der Waals surface area (Å²) in [6.07, 6.45) is 3.84. The lowest BCUT2D eigenvalue weighted by Crippen LogP contribution is -2.60. The van der Waals surface area contributed by atoms with Crippen molar-refractivity contribution < 1.29 is 14.7 Å². The van der Waals surface area contributed by atoms with E-state index in [1.165, 1.54) is 0 Å². The molecule has 5 atom stereocenters. The van der Waals surface area contributed by atoms with Crippen LogP contribution >= 0.6 is 23.2 Å². The molecule has 3 aliphatic rings. The molecular formula is C27H39Cl2N3O3. The number of hydrogen-bond acceptors (Lipinski definition) is 4. The molecule has 8 heteroatoms. The minimum Gasteiger partial charge on any atom is -0.384 e. The minimum atomic E-state index is -1.07. The van der Waals surface area contributed by atoms with Gasteiger partial charge >= 0.3 is 0 Å². The predicted molar refractivity (Wildman–Crippen MR) is 139 cm³/mol. The third kappa shape index (κ3) is 5.22. The lowest BCUT2D eigenvalue weighted by atomic mass is 9.66. The topological polar surface area (TPSA) is 81.7 Å². The highest BCUT2D eigenvalue weighted by atomic mass is 35.5. The van der Waals surface area contributed by atoms with Gasteiger partial charge in [0.05, 0.1) is 5.60 Å². The molecule has 0 bridgehead atoms. The molecule has 2 heterocycles. The van der Waals surface area contributed by atoms with Crippen LogP contribution in [0.3, 0.4) is 0 Å². The Kier molecular flexibility index (Phi) is 7.52. The monoisotopic (exact) mass is 523 g/mol. The van der Waals surface area contributed by atoms with E-state index >= 15 is 0 Å². The second kappa shape index (κ2) is 9.85. The summed E-state index contributed by atoms with van der Waals surface area (Å²) in [5.74, 6) is -0.264. The van der Waals surface area contributed by atoms with Gasteiger partial charge in [0.2, 0.25) is 11.8 Å². The van der Waals surface area contributed by atoms with E-state index in [1.807, 2.05) is 44.7 Å². The van der Waals surface area contributed by atoms with Crippen LogP contribution in [0.5, 0.6) is 0 Å². The zero-order valence-corrected chi connectivity index (χ0v) is 22.8. The molecule has 3 N–H and O–H groups in total. The highest BCUT2D eigenvalue weighted by molar-refractivity contribution is 6.30. The zero-order chi connectivity index (χ0) is 25.6. The van der Waals surface area contributed by atoms with Gasteiger partial charge in [-0.1, -0.05) is 51.4 Å². The van der Waals surface area contributed by atoms with Gasteiger partial charge in [0.15, 0.2) is 0 Å². The van der Waals surface area contributed by atoms with Crippen LogP contribution in [0.15, 0.2) is 24.3 Å². The van der Waals surface area contributed by atoms with Crippen LogP contribution in [0, 0.1) is 17.3 Å². The van der Waals surface area contributed by atoms with Crippen LogP contribution in [0.2, 0.25) is 5.02 Å². The smallest absolute Gasteiger partial charge is 0.245 e. The SMILES string of the molecule is CC(C)[C@@H](NC(=O)[C@@H]1CCC2(CC(Cl)CN2)C1)C(=O)N1CC[C@](O)(c2ccc(Cl)cc2)C(C)(C)C1. The second-order valence-corrected chi connectivity index (χ2v) is 12.9. The number of benzene rings is 1. The number of alkyl halides is 1. The minimum absolute atomic E-state index is 0.0330. The third-order valence-corrected chi connectivity index (χ3v) is 9.16. The van der Waals surface area contributed by atoms with Gasteiger partial charge in [-0.15, -0.1) is 11.6 Å². The van der Waals surface area contributed by atoms with Crippen LogP contribution in [0.1, 0.15) is 65.4 Å². The maximum Gasteiger partial charge on any atom is 0.245 e. The van der Waals surface area contributed by atoms with Gasteiger partial charge in [-0.3, -0.25) is 9.59 Å². The van der Waals surface area contributed by atoms with Crippen LogP contribution in [-0.2, 0) is 15.2 Å². The molecule has 2 unspecified atom stereocenters. The fourth-order valence-electron chi connectivity index (χ4n) is 6.34. The number of piperidine rings is 1. The number of nitrogens with zero attached hydrogens (tertiary/aromatic N) is 1. The number of amides is 2. The van der Waals surface area contributed by atoms with Crippen LogP contribution in [-0.4, -0.2) is 58.4 Å². The van der Waals surface area contributed by atoms with E-state index in [0.29, 0.717) is 24.5 Å². The van der Waals surface area contributed by atoms with Gasteiger partial charge in [0.25, 0.3) is 0 Å². The highest BCUT2D eigenvalue weighted by Gasteiger charge is 2.51. The second-order valence-electron chi connectivity index (χ2n) is 11.9. The zero-order valence-electron chi connectivity index (χ0n) is 21.2. The number of halogens is 2. The van der Waals surface area contributed by atoms with E-state index in [-0.39, 0.29) is 34.6 Å². The van der Waals surface area contributed by atoms with Crippen molar-refractivity contribution >= 4 is 35.0 Å². The standard InChI is InChI=1S/C27H39Cl2N3O3/c1-17(2)22(31-23(33)18-9-10-26(13-18)14-21(29)15-30-26)24(34)32-12-11-27(35,25(3,4)16-32)19-5-7-20(28)8-6-19/h5-8,17-18,21-22,30,35H,9-16H2,1-4H3,(H,31,33)/t18-,21?,22-,26?,27+/m1/s1. The summed E-state index contributed by atoms with van der Waals surface area (Å²) in [6, 6.07) is 6.70. The summed E-state index contributed by atoms with van der Waals surface area (Å²) in [6.45, 7) is 9.52. The maximum absolute atomic E-state index is 13.6. The molecule has 1 aromatic carbocycles. The number of carbonyl (C=O) groups is 2. The molecule has 1 aromatic rings. The maximum atomic E-state index is 13.6. The van der Waals surface area contributed by atoms with Gasteiger partial charge in [0, 0.05) is 46.9 Å². The Bertz CT molecular complexity index is 953. The Morgan fingerprint density at radius 3 is 2.43 bits per heavy atom. The summed E-state index contributed by atoms with van der Waals surface area (Å²) < 4.78 is 0. The Balaban J connectivity index is 1.42. The van der Waals surface area contributed by atoms with Gasteiger partial charge in [-0.2, -0.15) is 0 Å². The lowest BCUT2D eigenvalue weighted by Gasteiger charge is -2.51. The van der Waals surface area contributed by atoms with Crippen LogP contribution in [0.4, 0.5) is 0 Å². The highest BCUT2D eigenvalue weighted by Crippen LogP contribution is 2.46. The summed E-state index contributed by atoms with van der Waals surface area (Å²) in [5.41, 5.74) is -0.876. The van der Waals surface area contributed by atoms with Crippen molar-refractivity contribution in [3.8, 4) is 0 Å². The number of aliphatic hydroxyl groups is 1. The van der Waals surface area contributed by atoms with E-state index in [1.54, 1.807) is 12.1 Å². The molecule has 3 fully saturated rings. The van der Waals surface area contributed by atoms with Gasteiger partial charge in [0.1, 0.15) is 6.04 Å². The molecule has 2 aliphatic heterocycles. The Hall–Kier alpha value is -1.34. The summed E-state index contributed by atoms with van der Waals surface area (Å²) in [7, 11) is 0. The van der Waals surface area contributed by atoms with E-state index < -0.39 is 17.1 Å². The van der Waals surface area contributed by atoms with E-state index in [9.17, 15) is 14.7 Å². The Morgan fingerprint density at radius 1 is 1.17 bits per heavy atom. The predicted octanol–water partition coefficient (Wildman–Crippen LogP) is 4.07. The molecule has 0 aromatic heterocycles. The molecule has 35 heavy (non-hydrogen) atoms. The van der Waals surface area contributed by atoms with Crippen molar-refractivity contribution in [1.29, 1.82) is 0 Å². The molecule has 6 nitrogen and oxygen atoms in total. The third-order valence-electron chi connectivity index (χ3n) is 8.60. The fourth-order valence-corrected chi connectivity index (χ4v) is 6.84. The first-order chi connectivity index (χ1) is 16.4. The molecule has 1 aliphatic carbocycles. The lowest BCUT2D eigenvalue weighted by molar-refractivity contribution is -0.157. The number of nitrogens with one attached hydrogen (secondary N) is 2. The number of hydrogen-bond donors (Lipinski definition) is 3. The van der Waals surface area contributed by atoms with Crippen molar-refractivity contribution in [2.75, 3.05) is 19.6 Å². The van der Waals surface area contributed by atoms with Gasteiger partial charge < -0.3 is 20.6 Å². The van der Waals surface area contributed by atoms with Crippen LogP contribution < -0.4 is 10.6 Å². The molecule has 2 amide bonds. The van der Waals surface area contributed by atoms with Gasteiger partial charge in [-0.25, -0.2) is 0 Å². The van der Waals surface area contributed by atoms with Crippen molar-refractivity contribution in [2.45, 2.75) is 82.4 Å². The van der Waals surface area contributed by atoms with Crippen molar-refractivity contribution in [2.24, 2.45) is 17.3 Å². The molecule has 0 radical (unpaired) electrons. The first kappa shape index (κ1) is 26.7. The molecule has 194 valence electrons. The summed E-state index contributed by atoms with van der Waals surface area (Å²) in [4.78, 5) is 28.7. The molecule has 1 saturated carbocycles. The van der Waals surface area contributed by atoms with Gasteiger partial charge in [-0.05, 0) is 55.7 Å². The van der Waals surface area contributed by atoms with E-state index in [4.69, 9.17) is 23.2 Å². The summed E-state index contributed by atoms with van der Waals surface area (Å²) in [5, 5.41) is 19.0.